The van der Waals surface area contributed by atoms with Crippen LogP contribution in [0.15, 0.2) is 24.5 Å². The average Bonchev–Trinajstić information content (AvgIpc) is 2.28. The number of amides is 1. The Morgan fingerprint density at radius 3 is 2.67 bits per heavy atom. The molecule has 0 fully saturated rings. The molecule has 1 aromatic rings. The normalized spacial score (nSPS) is 11.2. The van der Waals surface area contributed by atoms with Gasteiger partial charge in [0.1, 0.15) is 0 Å². The van der Waals surface area contributed by atoms with Gasteiger partial charge < -0.3 is 10.2 Å². The molecule has 0 unspecified atom stereocenters. The van der Waals surface area contributed by atoms with Crippen molar-refractivity contribution in [2.24, 2.45) is 0 Å². The van der Waals surface area contributed by atoms with Gasteiger partial charge in [0.15, 0.2) is 0 Å². The van der Waals surface area contributed by atoms with E-state index < -0.39 is 5.54 Å². The molecule has 0 aliphatic rings. The molecule has 15 heavy (non-hydrogen) atoms. The summed E-state index contributed by atoms with van der Waals surface area (Å²) in [6.45, 7) is 3.70. The second kappa shape index (κ2) is 4.40. The highest BCUT2D eigenvalue weighted by Crippen LogP contribution is 2.14. The van der Waals surface area contributed by atoms with Crippen LogP contribution in [0.3, 0.4) is 0 Å². The second-order valence-electron chi connectivity index (χ2n) is 3.95. The van der Waals surface area contributed by atoms with Gasteiger partial charge in [-0.3, -0.25) is 9.78 Å². The average molecular weight is 207 g/mol. The molecular weight excluding hydrogens is 190 g/mol. The van der Waals surface area contributed by atoms with Crippen molar-refractivity contribution in [3.8, 4) is 0 Å². The summed E-state index contributed by atoms with van der Waals surface area (Å²) < 4.78 is 0. The van der Waals surface area contributed by atoms with Gasteiger partial charge in [0.2, 0.25) is 5.91 Å². The van der Waals surface area contributed by atoms with Crippen LogP contribution < -0.4 is 10.2 Å². The lowest BCUT2D eigenvalue weighted by molar-refractivity contribution is -0.123. The summed E-state index contributed by atoms with van der Waals surface area (Å²) in [5, 5.41) is 2.98. The fraction of sp³-hybridized carbons (Fsp3) is 0.455. The van der Waals surface area contributed by atoms with E-state index in [1.165, 1.54) is 0 Å². The fourth-order valence-corrected chi connectivity index (χ4v) is 1.20. The smallest absolute Gasteiger partial charge is 0.246 e. The maximum absolute atomic E-state index is 12.0. The molecule has 0 aromatic carbocycles. The van der Waals surface area contributed by atoms with Gasteiger partial charge in [-0.2, -0.15) is 0 Å². The molecule has 1 rings (SSSR count). The third kappa shape index (κ3) is 2.53. The molecule has 1 amide bonds. The van der Waals surface area contributed by atoms with Gasteiger partial charge in [-0.05, 0) is 33.0 Å². The maximum atomic E-state index is 12.0. The van der Waals surface area contributed by atoms with Crippen LogP contribution in [0.2, 0.25) is 0 Å². The predicted octanol–water partition coefficient (Wildman–Crippen LogP) is 1.04. The van der Waals surface area contributed by atoms with E-state index in [4.69, 9.17) is 0 Å². The van der Waals surface area contributed by atoms with Crippen molar-refractivity contribution >= 4 is 11.6 Å². The maximum Gasteiger partial charge on any atom is 0.246 e. The molecular formula is C11H17N3O. The predicted molar refractivity (Wildman–Crippen MR) is 60.8 cm³/mol. The lowest BCUT2D eigenvalue weighted by Gasteiger charge is -2.28. The van der Waals surface area contributed by atoms with Crippen molar-refractivity contribution in [1.29, 1.82) is 0 Å². The molecule has 4 heteroatoms. The first kappa shape index (κ1) is 11.7. The molecule has 0 aliphatic heterocycles. The summed E-state index contributed by atoms with van der Waals surface area (Å²) in [4.78, 5) is 17.6. The first-order valence-electron chi connectivity index (χ1n) is 4.86. The van der Waals surface area contributed by atoms with Crippen LogP contribution in [-0.2, 0) is 4.79 Å². The van der Waals surface area contributed by atoms with E-state index in [1.54, 1.807) is 31.4 Å². The Balaban J connectivity index is 2.87. The van der Waals surface area contributed by atoms with Crippen molar-refractivity contribution in [3.63, 3.8) is 0 Å². The minimum absolute atomic E-state index is 0.0120. The quantitative estimate of drug-likeness (QED) is 0.805. The molecule has 1 aromatic heterocycles. The van der Waals surface area contributed by atoms with E-state index in [9.17, 15) is 4.79 Å². The van der Waals surface area contributed by atoms with Crippen molar-refractivity contribution < 1.29 is 4.79 Å². The number of carbonyl (C=O) groups excluding carboxylic acids is 1. The Morgan fingerprint density at radius 1 is 1.53 bits per heavy atom. The van der Waals surface area contributed by atoms with Crippen LogP contribution in [0.25, 0.3) is 0 Å². The number of hydrogen-bond donors (Lipinski definition) is 1. The molecule has 0 saturated heterocycles. The lowest BCUT2D eigenvalue weighted by atomic mass is 10.0. The molecule has 0 saturated carbocycles. The Kier molecular flexibility index (Phi) is 3.42. The number of likely N-dealkylation sites (N-methyl/N-ethyl adjacent to an activating group) is 2. The lowest BCUT2D eigenvalue weighted by Crippen LogP contribution is -2.51. The van der Waals surface area contributed by atoms with Crippen LogP contribution >= 0.6 is 0 Å². The topological polar surface area (TPSA) is 45.2 Å². The largest absolute Gasteiger partial charge is 0.312 e. The van der Waals surface area contributed by atoms with Gasteiger partial charge in [0.05, 0.1) is 17.4 Å². The monoisotopic (exact) mass is 207 g/mol. The van der Waals surface area contributed by atoms with E-state index in [-0.39, 0.29) is 5.91 Å². The Bertz CT molecular complexity index is 335. The number of nitrogens with one attached hydrogen (secondary N) is 1. The highest BCUT2D eigenvalue weighted by molar-refractivity contribution is 5.99. The molecule has 4 nitrogen and oxygen atoms in total. The number of pyridine rings is 1. The van der Waals surface area contributed by atoms with Crippen molar-refractivity contribution in [2.75, 3.05) is 19.0 Å². The SMILES string of the molecule is CNC(C)(C)C(=O)N(C)c1cccnc1. The summed E-state index contributed by atoms with van der Waals surface area (Å²) in [6.07, 6.45) is 3.36. The Labute approximate surface area is 90.3 Å². The van der Waals surface area contributed by atoms with E-state index in [0.717, 1.165) is 5.69 Å². The summed E-state index contributed by atoms with van der Waals surface area (Å²) in [7, 11) is 3.52. The van der Waals surface area contributed by atoms with E-state index in [2.05, 4.69) is 10.3 Å². The summed E-state index contributed by atoms with van der Waals surface area (Å²) in [5.41, 5.74) is 0.232. The zero-order valence-corrected chi connectivity index (χ0v) is 9.61. The highest BCUT2D eigenvalue weighted by Gasteiger charge is 2.28. The van der Waals surface area contributed by atoms with Gasteiger partial charge in [0, 0.05) is 13.2 Å². The highest BCUT2D eigenvalue weighted by atomic mass is 16.2. The fourth-order valence-electron chi connectivity index (χ4n) is 1.20. The molecule has 1 N–H and O–H groups in total. The standard InChI is InChI=1S/C11H17N3O/c1-11(2,12-3)10(15)14(4)9-6-5-7-13-8-9/h5-8,12H,1-4H3. The third-order valence-corrected chi connectivity index (χ3v) is 2.50. The second-order valence-corrected chi connectivity index (χ2v) is 3.95. The van der Waals surface area contributed by atoms with Crippen molar-refractivity contribution in [3.05, 3.63) is 24.5 Å². The van der Waals surface area contributed by atoms with E-state index >= 15 is 0 Å². The molecule has 0 spiro atoms. The minimum Gasteiger partial charge on any atom is -0.312 e. The molecule has 1 heterocycles. The van der Waals surface area contributed by atoms with E-state index in [0.29, 0.717) is 0 Å². The van der Waals surface area contributed by atoms with Crippen LogP contribution in [0.1, 0.15) is 13.8 Å². The summed E-state index contributed by atoms with van der Waals surface area (Å²) in [5.74, 6) is 0.0120. The van der Waals surface area contributed by atoms with Crippen molar-refractivity contribution in [2.45, 2.75) is 19.4 Å². The number of nitrogens with zero attached hydrogens (tertiary/aromatic N) is 2. The number of aromatic nitrogens is 1. The summed E-state index contributed by atoms with van der Waals surface area (Å²) >= 11 is 0. The van der Waals surface area contributed by atoms with Gasteiger partial charge in [0.25, 0.3) is 0 Å². The van der Waals surface area contributed by atoms with Gasteiger partial charge in [-0.25, -0.2) is 0 Å². The van der Waals surface area contributed by atoms with Crippen LogP contribution in [0.5, 0.6) is 0 Å². The van der Waals surface area contributed by atoms with Crippen LogP contribution in [0, 0.1) is 0 Å². The first-order valence-corrected chi connectivity index (χ1v) is 4.86. The number of rotatable bonds is 3. The number of hydrogen-bond acceptors (Lipinski definition) is 3. The zero-order chi connectivity index (χ0) is 11.5. The van der Waals surface area contributed by atoms with Gasteiger partial charge in [-0.15, -0.1) is 0 Å². The van der Waals surface area contributed by atoms with Gasteiger partial charge >= 0.3 is 0 Å². The number of anilines is 1. The zero-order valence-electron chi connectivity index (χ0n) is 9.61. The summed E-state index contributed by atoms with van der Waals surface area (Å²) in [6, 6.07) is 3.67. The van der Waals surface area contributed by atoms with Gasteiger partial charge in [-0.1, -0.05) is 0 Å². The molecule has 0 bridgehead atoms. The van der Waals surface area contributed by atoms with Crippen LogP contribution in [0.4, 0.5) is 5.69 Å². The first-order chi connectivity index (χ1) is 6.99. The Morgan fingerprint density at radius 2 is 2.20 bits per heavy atom. The van der Waals surface area contributed by atoms with Crippen molar-refractivity contribution in [1.82, 2.24) is 10.3 Å². The molecule has 82 valence electrons. The number of carbonyl (C=O) groups is 1. The van der Waals surface area contributed by atoms with E-state index in [1.807, 2.05) is 26.0 Å². The molecule has 0 radical (unpaired) electrons. The minimum atomic E-state index is -0.565. The van der Waals surface area contributed by atoms with Crippen LogP contribution in [-0.4, -0.2) is 30.5 Å². The third-order valence-electron chi connectivity index (χ3n) is 2.50. The Hall–Kier alpha value is -1.42. The molecule has 0 aliphatic carbocycles. The molecule has 0 atom stereocenters.